The molecule has 10 atom stereocenters. The number of aliphatic carboxylic acids is 1. The number of likely N-dealkylation sites (N-methyl/N-ethyl adjacent to an activating group) is 1. The number of carboxylic acids is 1. The minimum Gasteiger partial charge on any atom is -0.483 e. The van der Waals surface area contributed by atoms with E-state index in [1.165, 1.54) is 25.2 Å². The molecule has 0 unspecified atom stereocenters. The molecule has 2 aromatic rings. The van der Waals surface area contributed by atoms with Gasteiger partial charge in [0.2, 0.25) is 12.2 Å². The molecule has 1 spiro atoms. The van der Waals surface area contributed by atoms with Gasteiger partial charge in [-0.05, 0) is 74.8 Å². The Balaban J connectivity index is 1.18. The van der Waals surface area contributed by atoms with Gasteiger partial charge in [0.1, 0.15) is 24.4 Å². The summed E-state index contributed by atoms with van der Waals surface area (Å²) < 4.78 is 23.5. The van der Waals surface area contributed by atoms with E-state index in [-0.39, 0.29) is 17.7 Å². The molecule has 6 aliphatic rings. The standard InChI is InChI=1S/C34H40N2O11/c1-35(23(37)7-4-18-9-13-44-16-18)20-8-10-34(43)22-14-19-5-6-21(45-32-27(40)25(38)26(39)29(47-32)31(41)42)28-24(19)33(34,30(20)46-28)11-12-36(22)15-17-2-3-17/h4-7,9,13,16-17,20,22,25-27,29-30,32,38-40,43H,2-3,8,10-12,14-15H2,1H3,(H,41,42)/b7-4+/t20-,22-,25+,26+,27-,29+,30+,32-,33+,34-/m1/s1. The fraction of sp³-hybridized carbons (Fsp3) is 0.588. The van der Waals surface area contributed by atoms with Crippen LogP contribution in [0.15, 0.2) is 41.2 Å². The van der Waals surface area contributed by atoms with E-state index in [0.29, 0.717) is 37.4 Å². The van der Waals surface area contributed by atoms with Crippen LogP contribution in [-0.2, 0) is 26.2 Å². The number of piperidine rings is 1. The van der Waals surface area contributed by atoms with Gasteiger partial charge >= 0.3 is 5.97 Å². The van der Waals surface area contributed by atoms with Crippen LogP contribution in [0.2, 0.25) is 0 Å². The number of amides is 1. The summed E-state index contributed by atoms with van der Waals surface area (Å²) in [6.45, 7) is 1.70. The van der Waals surface area contributed by atoms with E-state index in [0.717, 1.165) is 29.8 Å². The predicted octanol–water partition coefficient (Wildman–Crippen LogP) is 0.655. The number of hydrogen-bond acceptors (Lipinski definition) is 11. The van der Waals surface area contributed by atoms with Gasteiger partial charge in [-0.2, -0.15) is 0 Å². The van der Waals surface area contributed by atoms with Crippen LogP contribution in [0.3, 0.4) is 0 Å². The van der Waals surface area contributed by atoms with Crippen molar-refractivity contribution in [1.29, 1.82) is 0 Å². The third kappa shape index (κ3) is 4.58. The molecule has 4 heterocycles. The topological polar surface area (TPSA) is 183 Å². The van der Waals surface area contributed by atoms with Gasteiger partial charge in [0, 0.05) is 36.8 Å². The molecule has 4 fully saturated rings. The molecule has 3 aliphatic carbocycles. The van der Waals surface area contributed by atoms with E-state index in [9.17, 15) is 35.1 Å². The lowest BCUT2D eigenvalue weighted by atomic mass is 9.48. The van der Waals surface area contributed by atoms with Crippen LogP contribution in [0.25, 0.3) is 6.08 Å². The maximum absolute atomic E-state index is 13.5. The highest BCUT2D eigenvalue weighted by Gasteiger charge is 2.73. The van der Waals surface area contributed by atoms with Crippen LogP contribution >= 0.6 is 0 Å². The minimum absolute atomic E-state index is 0.132. The summed E-state index contributed by atoms with van der Waals surface area (Å²) in [4.78, 5) is 29.4. The van der Waals surface area contributed by atoms with E-state index < -0.39 is 59.8 Å². The lowest BCUT2D eigenvalue weighted by Crippen LogP contribution is -2.78. The molecular formula is C34H40N2O11. The van der Waals surface area contributed by atoms with Crippen molar-refractivity contribution in [3.05, 3.63) is 53.5 Å². The lowest BCUT2D eigenvalue weighted by molar-refractivity contribution is -0.271. The summed E-state index contributed by atoms with van der Waals surface area (Å²) in [5, 5.41) is 53.8. The summed E-state index contributed by atoms with van der Waals surface area (Å²) in [5.41, 5.74) is 0.558. The number of benzene rings is 1. The molecule has 2 saturated heterocycles. The molecule has 3 aliphatic heterocycles. The second-order valence-electron chi connectivity index (χ2n) is 14.1. The van der Waals surface area contributed by atoms with Crippen LogP contribution in [0, 0.1) is 5.92 Å². The predicted molar refractivity (Wildman–Crippen MR) is 162 cm³/mol. The SMILES string of the molecule is CN(C(=O)/C=C/c1ccoc1)[C@@H]1CC[C@@]2(O)[C@H]3Cc4ccc(O[C@@H]5O[C@H](C(=O)O)[C@@H](O)[C@H](O)[C@H]5O)c5c4[C@@]2(CCN3CC2CC2)[C@H]1O5. The van der Waals surface area contributed by atoms with Gasteiger partial charge in [-0.1, -0.05) is 6.07 Å². The Morgan fingerprint density at radius 3 is 2.64 bits per heavy atom. The number of ether oxygens (including phenoxy) is 3. The zero-order valence-corrected chi connectivity index (χ0v) is 26.0. The second-order valence-corrected chi connectivity index (χ2v) is 14.1. The van der Waals surface area contributed by atoms with Crippen LogP contribution in [0.1, 0.15) is 48.8 Å². The third-order valence-corrected chi connectivity index (χ3v) is 11.6. The number of nitrogens with zero attached hydrogens (tertiary/aromatic N) is 2. The van der Waals surface area contributed by atoms with Gasteiger partial charge in [-0.3, -0.25) is 9.69 Å². The van der Waals surface area contributed by atoms with Gasteiger partial charge < -0.3 is 49.1 Å². The summed E-state index contributed by atoms with van der Waals surface area (Å²) in [7, 11) is 1.74. The molecular weight excluding hydrogens is 612 g/mol. The maximum Gasteiger partial charge on any atom is 0.335 e. The van der Waals surface area contributed by atoms with Gasteiger partial charge in [0.15, 0.2) is 17.6 Å². The molecule has 2 bridgehead atoms. The van der Waals surface area contributed by atoms with Crippen molar-refractivity contribution in [3.63, 3.8) is 0 Å². The first-order valence-electron chi connectivity index (χ1n) is 16.4. The maximum atomic E-state index is 13.5. The Bertz CT molecular complexity index is 1590. The van der Waals surface area contributed by atoms with E-state index in [1.54, 1.807) is 36.4 Å². The molecule has 8 rings (SSSR count). The number of carboxylic acid groups (broad SMARTS) is 1. The Hall–Kier alpha value is -3.46. The van der Waals surface area contributed by atoms with E-state index in [4.69, 9.17) is 18.6 Å². The number of furan rings is 1. The lowest BCUT2D eigenvalue weighted by Gasteiger charge is -2.64. The largest absolute Gasteiger partial charge is 0.483 e. The first-order chi connectivity index (χ1) is 22.5. The Kier molecular flexibility index (Phi) is 7.25. The van der Waals surface area contributed by atoms with Crippen molar-refractivity contribution in [2.24, 2.45) is 5.92 Å². The van der Waals surface area contributed by atoms with Crippen LogP contribution < -0.4 is 9.47 Å². The van der Waals surface area contributed by atoms with Gasteiger partial charge in [-0.15, -0.1) is 0 Å². The van der Waals surface area contributed by atoms with E-state index >= 15 is 0 Å². The molecule has 1 aromatic heterocycles. The molecule has 5 N–H and O–H groups in total. The number of hydrogen-bond donors (Lipinski definition) is 5. The van der Waals surface area contributed by atoms with Crippen molar-refractivity contribution < 1.29 is 53.7 Å². The zero-order chi connectivity index (χ0) is 32.8. The molecule has 2 saturated carbocycles. The number of rotatable bonds is 8. The van der Waals surface area contributed by atoms with Crippen molar-refractivity contribution in [2.45, 2.75) is 98.4 Å². The molecule has 13 heteroatoms. The monoisotopic (exact) mass is 652 g/mol. The fourth-order valence-electron chi connectivity index (χ4n) is 9.03. The van der Waals surface area contributed by atoms with Crippen molar-refractivity contribution in [3.8, 4) is 11.5 Å². The van der Waals surface area contributed by atoms with Crippen LogP contribution in [0.4, 0.5) is 0 Å². The second kappa shape index (κ2) is 11.0. The summed E-state index contributed by atoms with van der Waals surface area (Å²) in [6.07, 6.45) is 1.31. The van der Waals surface area contributed by atoms with Crippen molar-refractivity contribution in [1.82, 2.24) is 9.80 Å². The van der Waals surface area contributed by atoms with Crippen LogP contribution in [0.5, 0.6) is 11.5 Å². The average Bonchev–Trinajstić information content (AvgIpc) is 3.56. The van der Waals surface area contributed by atoms with E-state index in [2.05, 4.69) is 4.90 Å². The quantitative estimate of drug-likeness (QED) is 0.252. The number of carbonyl (C=O) groups is 2. The Morgan fingerprint density at radius 1 is 1.11 bits per heavy atom. The fourth-order valence-corrected chi connectivity index (χ4v) is 9.03. The number of likely N-dealkylation sites (tertiary alicyclic amines) is 1. The zero-order valence-electron chi connectivity index (χ0n) is 26.0. The Morgan fingerprint density at radius 2 is 1.91 bits per heavy atom. The minimum atomic E-state index is -1.86. The highest BCUT2D eigenvalue weighted by Crippen LogP contribution is 2.66. The third-order valence-electron chi connectivity index (χ3n) is 11.6. The smallest absolute Gasteiger partial charge is 0.335 e. The Labute approximate surface area is 270 Å². The number of aliphatic hydroxyl groups excluding tert-OH is 3. The normalized spacial score (nSPS) is 38.9. The van der Waals surface area contributed by atoms with Crippen molar-refractivity contribution >= 4 is 18.0 Å². The highest BCUT2D eigenvalue weighted by molar-refractivity contribution is 5.92. The molecule has 13 nitrogen and oxygen atoms in total. The van der Waals surface area contributed by atoms with Gasteiger partial charge in [0.05, 0.1) is 29.6 Å². The van der Waals surface area contributed by atoms with E-state index in [1.807, 2.05) is 6.07 Å². The van der Waals surface area contributed by atoms with Gasteiger partial charge in [0.25, 0.3) is 0 Å². The molecule has 1 amide bonds. The molecule has 252 valence electrons. The summed E-state index contributed by atoms with van der Waals surface area (Å²) in [5.74, 6) is -0.593. The molecule has 1 aromatic carbocycles. The van der Waals surface area contributed by atoms with Gasteiger partial charge in [-0.25, -0.2) is 4.79 Å². The first kappa shape index (κ1) is 30.8. The van der Waals surface area contributed by atoms with Crippen molar-refractivity contribution in [2.75, 3.05) is 20.1 Å². The van der Waals surface area contributed by atoms with Crippen LogP contribution in [-0.4, -0.2) is 122 Å². The first-order valence-corrected chi connectivity index (χ1v) is 16.4. The summed E-state index contributed by atoms with van der Waals surface area (Å²) >= 11 is 0. The average molecular weight is 653 g/mol. The number of carbonyl (C=O) groups excluding carboxylic acids is 1. The number of aliphatic hydroxyl groups is 4. The molecule has 47 heavy (non-hydrogen) atoms. The highest BCUT2D eigenvalue weighted by atomic mass is 16.7. The summed E-state index contributed by atoms with van der Waals surface area (Å²) in [6, 6.07) is 4.81. The molecule has 0 radical (unpaired) electrons.